The number of anilines is 1. The SMILES string of the molecule is CCNC(CC)c1ccccc1N(C)C(C)C(C)C. The highest BCUT2D eigenvalue weighted by atomic mass is 15.1. The van der Waals surface area contributed by atoms with E-state index in [1.54, 1.807) is 0 Å². The smallest absolute Gasteiger partial charge is 0.0414 e. The molecule has 1 aromatic rings. The van der Waals surface area contributed by atoms with Gasteiger partial charge in [-0.1, -0.05) is 45.9 Å². The van der Waals surface area contributed by atoms with Crippen LogP contribution in [0.25, 0.3) is 0 Å². The molecule has 0 aliphatic heterocycles. The van der Waals surface area contributed by atoms with E-state index in [4.69, 9.17) is 0 Å². The zero-order valence-electron chi connectivity index (χ0n) is 13.4. The molecule has 0 saturated heterocycles. The lowest BCUT2D eigenvalue weighted by atomic mass is 9.98. The highest BCUT2D eigenvalue weighted by Crippen LogP contribution is 2.29. The van der Waals surface area contributed by atoms with Crippen LogP contribution >= 0.6 is 0 Å². The van der Waals surface area contributed by atoms with Gasteiger partial charge in [0.25, 0.3) is 0 Å². The van der Waals surface area contributed by atoms with Crippen LogP contribution in [0, 0.1) is 5.92 Å². The molecule has 2 heteroatoms. The third-order valence-electron chi connectivity index (χ3n) is 4.13. The van der Waals surface area contributed by atoms with Crippen LogP contribution in [-0.2, 0) is 0 Å². The monoisotopic (exact) mass is 262 g/mol. The molecule has 2 unspecified atom stereocenters. The second-order valence-electron chi connectivity index (χ2n) is 5.67. The van der Waals surface area contributed by atoms with Crippen LogP contribution in [0.5, 0.6) is 0 Å². The molecule has 0 radical (unpaired) electrons. The summed E-state index contributed by atoms with van der Waals surface area (Å²) in [5.41, 5.74) is 2.78. The molecule has 0 aliphatic rings. The molecule has 0 saturated carbocycles. The topological polar surface area (TPSA) is 15.3 Å². The minimum Gasteiger partial charge on any atom is -0.371 e. The number of nitrogens with zero attached hydrogens (tertiary/aromatic N) is 1. The number of hydrogen-bond donors (Lipinski definition) is 1. The van der Waals surface area contributed by atoms with Crippen molar-refractivity contribution in [3.05, 3.63) is 29.8 Å². The van der Waals surface area contributed by atoms with Crippen molar-refractivity contribution in [3.8, 4) is 0 Å². The molecule has 2 nitrogen and oxygen atoms in total. The van der Waals surface area contributed by atoms with Gasteiger partial charge >= 0.3 is 0 Å². The maximum Gasteiger partial charge on any atom is 0.0414 e. The Morgan fingerprint density at radius 2 is 1.74 bits per heavy atom. The van der Waals surface area contributed by atoms with Gasteiger partial charge < -0.3 is 10.2 Å². The lowest BCUT2D eigenvalue weighted by Crippen LogP contribution is -2.34. The number of benzene rings is 1. The van der Waals surface area contributed by atoms with E-state index in [0.29, 0.717) is 18.0 Å². The Bertz CT molecular complexity index is 373. The maximum atomic E-state index is 3.59. The van der Waals surface area contributed by atoms with E-state index in [1.807, 2.05) is 0 Å². The zero-order chi connectivity index (χ0) is 14.4. The lowest BCUT2D eigenvalue weighted by Gasteiger charge is -2.33. The van der Waals surface area contributed by atoms with Crippen molar-refractivity contribution in [3.63, 3.8) is 0 Å². The van der Waals surface area contributed by atoms with Gasteiger partial charge in [-0.3, -0.25) is 0 Å². The minimum absolute atomic E-state index is 0.447. The first-order valence-corrected chi connectivity index (χ1v) is 7.58. The fourth-order valence-electron chi connectivity index (χ4n) is 2.49. The average Bonchev–Trinajstić information content (AvgIpc) is 2.43. The van der Waals surface area contributed by atoms with Crippen molar-refractivity contribution in [2.75, 3.05) is 18.5 Å². The number of rotatable bonds is 7. The summed E-state index contributed by atoms with van der Waals surface area (Å²) >= 11 is 0. The summed E-state index contributed by atoms with van der Waals surface area (Å²) < 4.78 is 0. The molecule has 1 rings (SSSR count). The Balaban J connectivity index is 3.07. The second-order valence-corrected chi connectivity index (χ2v) is 5.67. The Morgan fingerprint density at radius 1 is 1.11 bits per heavy atom. The molecule has 19 heavy (non-hydrogen) atoms. The molecular weight excluding hydrogens is 232 g/mol. The van der Waals surface area contributed by atoms with E-state index < -0.39 is 0 Å². The summed E-state index contributed by atoms with van der Waals surface area (Å²) in [6.07, 6.45) is 1.12. The van der Waals surface area contributed by atoms with E-state index in [9.17, 15) is 0 Å². The molecule has 0 heterocycles. The predicted octanol–water partition coefficient (Wildman–Crippen LogP) is 4.23. The fourth-order valence-corrected chi connectivity index (χ4v) is 2.49. The van der Waals surface area contributed by atoms with Crippen molar-refractivity contribution < 1.29 is 0 Å². The lowest BCUT2D eigenvalue weighted by molar-refractivity contribution is 0.497. The second kappa shape index (κ2) is 7.54. The molecule has 108 valence electrons. The zero-order valence-corrected chi connectivity index (χ0v) is 13.4. The minimum atomic E-state index is 0.447. The molecule has 0 spiro atoms. The molecule has 1 N–H and O–H groups in total. The summed E-state index contributed by atoms with van der Waals surface area (Å²) in [5.74, 6) is 0.650. The van der Waals surface area contributed by atoms with E-state index >= 15 is 0 Å². The van der Waals surface area contributed by atoms with Gasteiger partial charge in [0.2, 0.25) is 0 Å². The molecule has 0 amide bonds. The molecular formula is C17H30N2. The van der Waals surface area contributed by atoms with Gasteiger partial charge in [0.05, 0.1) is 0 Å². The first-order chi connectivity index (χ1) is 9.02. The summed E-state index contributed by atoms with van der Waals surface area (Å²) in [4.78, 5) is 2.42. The van der Waals surface area contributed by atoms with Crippen molar-refractivity contribution in [2.45, 2.75) is 53.1 Å². The van der Waals surface area contributed by atoms with Crippen LogP contribution in [0.1, 0.15) is 52.6 Å². The Hall–Kier alpha value is -1.02. The van der Waals surface area contributed by atoms with E-state index in [0.717, 1.165) is 13.0 Å². The third-order valence-corrected chi connectivity index (χ3v) is 4.13. The van der Waals surface area contributed by atoms with Crippen LogP contribution in [-0.4, -0.2) is 19.6 Å². The molecule has 0 aliphatic carbocycles. The van der Waals surface area contributed by atoms with Crippen molar-refractivity contribution >= 4 is 5.69 Å². The quantitative estimate of drug-likeness (QED) is 0.791. The first kappa shape index (κ1) is 16.0. The Morgan fingerprint density at radius 3 is 2.26 bits per heavy atom. The predicted molar refractivity (Wildman–Crippen MR) is 85.9 cm³/mol. The van der Waals surface area contributed by atoms with E-state index in [2.05, 4.69) is 76.1 Å². The average molecular weight is 262 g/mol. The number of para-hydroxylation sites is 1. The third kappa shape index (κ3) is 3.97. The van der Waals surface area contributed by atoms with Crippen LogP contribution in [0.3, 0.4) is 0 Å². The van der Waals surface area contributed by atoms with Gasteiger partial charge in [-0.05, 0) is 37.4 Å². The van der Waals surface area contributed by atoms with Gasteiger partial charge in [-0.15, -0.1) is 0 Å². The summed E-state index contributed by atoms with van der Waals surface area (Å²) in [6, 6.07) is 9.78. The van der Waals surface area contributed by atoms with E-state index in [-0.39, 0.29) is 0 Å². The van der Waals surface area contributed by atoms with Crippen molar-refractivity contribution in [1.82, 2.24) is 5.32 Å². The van der Waals surface area contributed by atoms with Gasteiger partial charge in [-0.25, -0.2) is 0 Å². The molecule has 0 aromatic heterocycles. The molecule has 0 fully saturated rings. The highest BCUT2D eigenvalue weighted by molar-refractivity contribution is 5.55. The van der Waals surface area contributed by atoms with Crippen LogP contribution in [0.15, 0.2) is 24.3 Å². The highest BCUT2D eigenvalue weighted by Gasteiger charge is 2.19. The van der Waals surface area contributed by atoms with Crippen LogP contribution in [0.2, 0.25) is 0 Å². The Kier molecular flexibility index (Phi) is 6.36. The first-order valence-electron chi connectivity index (χ1n) is 7.58. The standard InChI is InChI=1S/C17H30N2/c1-7-16(18-8-2)15-11-9-10-12-17(15)19(6)14(5)13(3)4/h9-14,16,18H,7-8H2,1-6H3. The number of hydrogen-bond acceptors (Lipinski definition) is 2. The van der Waals surface area contributed by atoms with Gasteiger partial charge in [0.15, 0.2) is 0 Å². The van der Waals surface area contributed by atoms with Crippen molar-refractivity contribution in [1.29, 1.82) is 0 Å². The van der Waals surface area contributed by atoms with Gasteiger partial charge in [-0.2, -0.15) is 0 Å². The largest absolute Gasteiger partial charge is 0.371 e. The Labute approximate surface area is 119 Å². The fraction of sp³-hybridized carbons (Fsp3) is 0.647. The summed E-state index contributed by atoms with van der Waals surface area (Å²) in [7, 11) is 2.21. The normalized spacial score (nSPS) is 14.5. The molecule has 0 bridgehead atoms. The van der Waals surface area contributed by atoms with Crippen molar-refractivity contribution in [2.24, 2.45) is 5.92 Å². The summed E-state index contributed by atoms with van der Waals surface area (Å²) in [6.45, 7) is 12.3. The number of nitrogens with one attached hydrogen (secondary N) is 1. The van der Waals surface area contributed by atoms with Gasteiger partial charge in [0.1, 0.15) is 0 Å². The molecule has 2 atom stereocenters. The van der Waals surface area contributed by atoms with Crippen LogP contribution in [0.4, 0.5) is 5.69 Å². The molecule has 1 aromatic carbocycles. The van der Waals surface area contributed by atoms with Crippen LogP contribution < -0.4 is 10.2 Å². The summed E-state index contributed by atoms with van der Waals surface area (Å²) in [5, 5.41) is 3.59. The maximum absolute atomic E-state index is 3.59. The van der Waals surface area contributed by atoms with E-state index in [1.165, 1.54) is 11.3 Å². The van der Waals surface area contributed by atoms with Gasteiger partial charge in [0, 0.05) is 24.8 Å².